The molecule has 16 heavy (non-hydrogen) atoms. The fourth-order valence-corrected chi connectivity index (χ4v) is 2.75. The largest absolute Gasteiger partial charge is 0.351 e. The van der Waals surface area contributed by atoms with Gasteiger partial charge in [-0.3, -0.25) is 0 Å². The molecule has 3 rings (SSSR count). The van der Waals surface area contributed by atoms with E-state index in [2.05, 4.69) is 27.1 Å². The summed E-state index contributed by atoms with van der Waals surface area (Å²) in [6, 6.07) is 0.536. The number of nitrogens with zero attached hydrogens (tertiary/aromatic N) is 3. The molecule has 1 saturated heterocycles. The SMILES string of the molecule is CC1CNCCN1c1ncnc2c1CCC2. The summed E-state index contributed by atoms with van der Waals surface area (Å²) in [4.78, 5) is 11.3. The molecule has 86 valence electrons. The van der Waals surface area contributed by atoms with Crippen LogP contribution in [-0.2, 0) is 12.8 Å². The highest BCUT2D eigenvalue weighted by Crippen LogP contribution is 2.29. The summed E-state index contributed by atoms with van der Waals surface area (Å²) in [5.74, 6) is 1.19. The van der Waals surface area contributed by atoms with Gasteiger partial charge in [-0.25, -0.2) is 9.97 Å². The van der Waals surface area contributed by atoms with Gasteiger partial charge in [0.05, 0.1) is 0 Å². The Morgan fingerprint density at radius 1 is 1.38 bits per heavy atom. The van der Waals surface area contributed by atoms with Gasteiger partial charge in [0.1, 0.15) is 12.1 Å². The van der Waals surface area contributed by atoms with Crippen LogP contribution in [0.15, 0.2) is 6.33 Å². The van der Waals surface area contributed by atoms with E-state index in [1.165, 1.54) is 23.5 Å². The quantitative estimate of drug-likeness (QED) is 0.755. The Morgan fingerprint density at radius 3 is 3.19 bits per heavy atom. The average Bonchev–Trinajstić information content (AvgIpc) is 2.77. The third kappa shape index (κ3) is 1.57. The number of nitrogens with one attached hydrogen (secondary N) is 1. The number of piperazine rings is 1. The Balaban J connectivity index is 1.96. The molecule has 0 saturated carbocycles. The van der Waals surface area contributed by atoms with Crippen LogP contribution < -0.4 is 10.2 Å². The lowest BCUT2D eigenvalue weighted by Crippen LogP contribution is -2.50. The van der Waals surface area contributed by atoms with Gasteiger partial charge in [0.15, 0.2) is 0 Å². The topological polar surface area (TPSA) is 41.0 Å². The van der Waals surface area contributed by atoms with E-state index in [0.717, 1.165) is 32.5 Å². The van der Waals surface area contributed by atoms with Gasteiger partial charge in [-0.05, 0) is 26.2 Å². The van der Waals surface area contributed by atoms with Gasteiger partial charge < -0.3 is 10.2 Å². The zero-order chi connectivity index (χ0) is 11.0. The van der Waals surface area contributed by atoms with Crippen molar-refractivity contribution in [3.63, 3.8) is 0 Å². The predicted octanol–water partition coefficient (Wildman–Crippen LogP) is 0.763. The molecule has 1 aromatic heterocycles. The molecule has 1 fully saturated rings. The molecule has 2 heterocycles. The molecule has 0 bridgehead atoms. The first-order valence-electron chi connectivity index (χ1n) is 6.16. The van der Waals surface area contributed by atoms with Crippen LogP contribution >= 0.6 is 0 Å². The molecular formula is C12H18N4. The summed E-state index contributed by atoms with van der Waals surface area (Å²) < 4.78 is 0. The summed E-state index contributed by atoms with van der Waals surface area (Å²) in [6.45, 7) is 5.43. The molecular weight excluding hydrogens is 200 g/mol. The molecule has 0 radical (unpaired) electrons. The lowest BCUT2D eigenvalue weighted by molar-refractivity contribution is 0.495. The highest BCUT2D eigenvalue weighted by Gasteiger charge is 2.25. The molecule has 1 unspecified atom stereocenters. The fourth-order valence-electron chi connectivity index (χ4n) is 2.75. The van der Waals surface area contributed by atoms with E-state index in [0.29, 0.717) is 6.04 Å². The van der Waals surface area contributed by atoms with E-state index < -0.39 is 0 Å². The number of anilines is 1. The van der Waals surface area contributed by atoms with Crippen LogP contribution in [-0.4, -0.2) is 35.6 Å². The minimum Gasteiger partial charge on any atom is -0.351 e. The average molecular weight is 218 g/mol. The molecule has 0 amide bonds. The van der Waals surface area contributed by atoms with Crippen molar-refractivity contribution in [1.82, 2.24) is 15.3 Å². The highest BCUT2D eigenvalue weighted by molar-refractivity contribution is 5.51. The van der Waals surface area contributed by atoms with Crippen molar-refractivity contribution >= 4 is 5.82 Å². The zero-order valence-corrected chi connectivity index (χ0v) is 9.74. The molecule has 4 heteroatoms. The van der Waals surface area contributed by atoms with E-state index in [4.69, 9.17) is 0 Å². The molecule has 1 aromatic rings. The van der Waals surface area contributed by atoms with Crippen LogP contribution in [0.4, 0.5) is 5.82 Å². The smallest absolute Gasteiger partial charge is 0.135 e. The second-order valence-corrected chi connectivity index (χ2v) is 4.72. The maximum absolute atomic E-state index is 4.51. The summed E-state index contributed by atoms with van der Waals surface area (Å²) in [7, 11) is 0. The normalized spacial score (nSPS) is 24.6. The van der Waals surface area contributed by atoms with Gasteiger partial charge in [0.2, 0.25) is 0 Å². The van der Waals surface area contributed by atoms with Crippen LogP contribution in [0.3, 0.4) is 0 Å². The Morgan fingerprint density at radius 2 is 2.31 bits per heavy atom. The van der Waals surface area contributed by atoms with Crippen LogP contribution in [0, 0.1) is 0 Å². The number of aryl methyl sites for hydroxylation is 1. The Labute approximate surface area is 96.1 Å². The van der Waals surface area contributed by atoms with Crippen molar-refractivity contribution in [1.29, 1.82) is 0 Å². The number of hydrogen-bond donors (Lipinski definition) is 1. The first-order chi connectivity index (χ1) is 7.86. The number of fused-ring (bicyclic) bond motifs is 1. The van der Waals surface area contributed by atoms with Crippen molar-refractivity contribution in [3.8, 4) is 0 Å². The Bertz CT molecular complexity index is 391. The molecule has 0 spiro atoms. The second kappa shape index (κ2) is 4.01. The highest BCUT2D eigenvalue weighted by atomic mass is 15.3. The Hall–Kier alpha value is -1.16. The van der Waals surface area contributed by atoms with Crippen molar-refractivity contribution in [2.45, 2.75) is 32.2 Å². The molecule has 1 N–H and O–H groups in total. The van der Waals surface area contributed by atoms with Gasteiger partial charge in [-0.2, -0.15) is 0 Å². The Kier molecular flexibility index (Phi) is 2.52. The van der Waals surface area contributed by atoms with Crippen molar-refractivity contribution in [2.75, 3.05) is 24.5 Å². The summed E-state index contributed by atoms with van der Waals surface area (Å²) >= 11 is 0. The first-order valence-corrected chi connectivity index (χ1v) is 6.16. The van der Waals surface area contributed by atoms with E-state index in [1.54, 1.807) is 6.33 Å². The summed E-state index contributed by atoms with van der Waals surface area (Å²) in [5, 5.41) is 3.42. The van der Waals surface area contributed by atoms with Gasteiger partial charge >= 0.3 is 0 Å². The van der Waals surface area contributed by atoms with Crippen molar-refractivity contribution in [2.24, 2.45) is 0 Å². The number of hydrogen-bond acceptors (Lipinski definition) is 4. The van der Waals surface area contributed by atoms with Crippen molar-refractivity contribution < 1.29 is 0 Å². The molecule has 0 aromatic carbocycles. The van der Waals surface area contributed by atoms with E-state index in [-0.39, 0.29) is 0 Å². The molecule has 1 aliphatic carbocycles. The van der Waals surface area contributed by atoms with E-state index in [9.17, 15) is 0 Å². The van der Waals surface area contributed by atoms with Crippen LogP contribution in [0.2, 0.25) is 0 Å². The molecule has 1 aliphatic heterocycles. The third-order valence-corrected chi connectivity index (χ3v) is 3.63. The van der Waals surface area contributed by atoms with Crippen molar-refractivity contribution in [3.05, 3.63) is 17.6 Å². The fraction of sp³-hybridized carbons (Fsp3) is 0.667. The maximum Gasteiger partial charge on any atom is 0.135 e. The first kappa shape index (κ1) is 10.0. The zero-order valence-electron chi connectivity index (χ0n) is 9.74. The van der Waals surface area contributed by atoms with E-state index in [1.807, 2.05) is 0 Å². The van der Waals surface area contributed by atoms with Crippen LogP contribution in [0.5, 0.6) is 0 Å². The summed E-state index contributed by atoms with van der Waals surface area (Å²) in [6.07, 6.45) is 5.25. The minimum atomic E-state index is 0.536. The van der Waals surface area contributed by atoms with E-state index >= 15 is 0 Å². The van der Waals surface area contributed by atoms with Gasteiger partial charge in [-0.1, -0.05) is 0 Å². The predicted molar refractivity (Wildman–Crippen MR) is 63.7 cm³/mol. The lowest BCUT2D eigenvalue weighted by Gasteiger charge is -2.35. The maximum atomic E-state index is 4.51. The van der Waals surface area contributed by atoms with Crippen LogP contribution in [0.1, 0.15) is 24.6 Å². The lowest BCUT2D eigenvalue weighted by atomic mass is 10.1. The molecule has 4 nitrogen and oxygen atoms in total. The minimum absolute atomic E-state index is 0.536. The standard InChI is InChI=1S/C12H18N4/c1-9-7-13-5-6-16(9)12-10-3-2-4-11(10)14-8-15-12/h8-9,13H,2-7H2,1H3. The second-order valence-electron chi connectivity index (χ2n) is 4.72. The van der Waals surface area contributed by atoms with Gasteiger partial charge in [-0.15, -0.1) is 0 Å². The monoisotopic (exact) mass is 218 g/mol. The molecule has 2 aliphatic rings. The van der Waals surface area contributed by atoms with Gasteiger partial charge in [0, 0.05) is 36.9 Å². The van der Waals surface area contributed by atoms with Crippen LogP contribution in [0.25, 0.3) is 0 Å². The number of rotatable bonds is 1. The molecule has 1 atom stereocenters. The summed E-state index contributed by atoms with van der Waals surface area (Å²) in [5.41, 5.74) is 2.67. The third-order valence-electron chi connectivity index (χ3n) is 3.63. The number of aromatic nitrogens is 2. The van der Waals surface area contributed by atoms with Gasteiger partial charge in [0.25, 0.3) is 0 Å².